The van der Waals surface area contributed by atoms with E-state index in [1.165, 1.54) is 0 Å². The van der Waals surface area contributed by atoms with E-state index in [1.54, 1.807) is 0 Å². The van der Waals surface area contributed by atoms with Gasteiger partial charge in [-0.1, -0.05) is 65.1 Å². The van der Waals surface area contributed by atoms with Crippen LogP contribution in [0.3, 0.4) is 0 Å². The third-order valence-corrected chi connectivity index (χ3v) is 2.21. The van der Waals surface area contributed by atoms with Crippen LogP contribution < -0.4 is 0 Å². The van der Waals surface area contributed by atoms with Crippen molar-refractivity contribution in [2.45, 2.75) is 16.8 Å². The van der Waals surface area contributed by atoms with E-state index in [4.69, 9.17) is 39.5 Å². The van der Waals surface area contributed by atoms with Crippen molar-refractivity contribution in [3.8, 4) is 0 Å². The summed E-state index contributed by atoms with van der Waals surface area (Å²) in [6, 6.07) is 9.89. The van der Waals surface area contributed by atoms with Crippen molar-refractivity contribution < 1.29 is 4.74 Å². The second kappa shape index (κ2) is 5.82. The third kappa shape index (κ3) is 5.71. The van der Waals surface area contributed by atoms with Gasteiger partial charge in [-0.2, -0.15) is 0 Å². The zero-order valence-corrected chi connectivity index (χ0v) is 9.82. The van der Waals surface area contributed by atoms with Gasteiger partial charge in [-0.05, 0) is 5.56 Å². The highest BCUT2D eigenvalue weighted by Gasteiger charge is 2.18. The van der Waals surface area contributed by atoms with E-state index in [9.17, 15) is 0 Å². The predicted octanol–water partition coefficient (Wildman–Crippen LogP) is 3.96. The zero-order chi connectivity index (χ0) is 10.4. The second-order valence-corrected chi connectivity index (χ2v) is 5.42. The number of hydrogen-bond donors (Lipinski definition) is 0. The van der Waals surface area contributed by atoms with Crippen LogP contribution in [0.15, 0.2) is 30.3 Å². The predicted molar refractivity (Wildman–Crippen MR) is 61.0 cm³/mol. The summed E-state index contributed by atoms with van der Waals surface area (Å²) in [6.07, 6.45) is 0.407. The van der Waals surface area contributed by atoms with E-state index in [1.807, 2.05) is 30.3 Å². The van der Waals surface area contributed by atoms with Gasteiger partial charge in [0, 0.05) is 6.42 Å². The molecule has 1 aromatic rings. The summed E-state index contributed by atoms with van der Waals surface area (Å²) in [4.78, 5) is 0. The molecule has 0 atom stereocenters. The van der Waals surface area contributed by atoms with Gasteiger partial charge < -0.3 is 4.74 Å². The number of rotatable bonds is 4. The number of ether oxygens (including phenoxy) is 1. The highest BCUT2D eigenvalue weighted by Crippen LogP contribution is 2.29. The van der Waals surface area contributed by atoms with E-state index in [-0.39, 0.29) is 0 Å². The zero-order valence-electron chi connectivity index (χ0n) is 7.55. The molecule has 78 valence electrons. The van der Waals surface area contributed by atoms with Gasteiger partial charge >= 0.3 is 0 Å². The first-order valence-electron chi connectivity index (χ1n) is 4.26. The summed E-state index contributed by atoms with van der Waals surface area (Å²) in [5.41, 5.74) is 1.12. The van der Waals surface area contributed by atoms with E-state index in [0.717, 1.165) is 5.56 Å². The van der Waals surface area contributed by atoms with Crippen LogP contribution in [0.1, 0.15) is 12.0 Å². The molecule has 0 radical (unpaired) electrons. The Kier molecular flexibility index (Phi) is 5.04. The van der Waals surface area contributed by atoms with Crippen LogP contribution in [0.4, 0.5) is 0 Å². The lowest BCUT2D eigenvalue weighted by molar-refractivity contribution is 0.119. The summed E-state index contributed by atoms with van der Waals surface area (Å²) in [5, 5.41) is 0. The highest BCUT2D eigenvalue weighted by molar-refractivity contribution is 6.67. The standard InChI is InChI=1S/C10H11Cl3O/c11-10(12,13)6-7-14-8-9-4-2-1-3-5-9/h1-5H,6-8H2. The molecule has 0 aliphatic carbocycles. The van der Waals surface area contributed by atoms with Gasteiger partial charge in [-0.25, -0.2) is 0 Å². The minimum Gasteiger partial charge on any atom is -0.377 e. The molecule has 14 heavy (non-hydrogen) atoms. The summed E-state index contributed by atoms with van der Waals surface area (Å²) in [5.74, 6) is 0. The molecule has 4 heteroatoms. The maximum absolute atomic E-state index is 5.57. The molecular weight excluding hydrogens is 242 g/mol. The normalized spacial score (nSPS) is 11.6. The SMILES string of the molecule is ClC(Cl)(Cl)CCOCc1ccccc1. The molecule has 0 unspecified atom stereocenters. The van der Waals surface area contributed by atoms with E-state index >= 15 is 0 Å². The van der Waals surface area contributed by atoms with Gasteiger partial charge in [-0.15, -0.1) is 0 Å². The van der Waals surface area contributed by atoms with Gasteiger partial charge in [0.1, 0.15) is 0 Å². The second-order valence-electron chi connectivity index (χ2n) is 2.90. The van der Waals surface area contributed by atoms with Gasteiger partial charge in [0.2, 0.25) is 0 Å². The topological polar surface area (TPSA) is 9.23 Å². The molecule has 0 N–H and O–H groups in total. The average molecular weight is 254 g/mol. The van der Waals surface area contributed by atoms with Gasteiger partial charge in [0.05, 0.1) is 13.2 Å². The molecule has 0 fully saturated rings. The van der Waals surface area contributed by atoms with Crippen LogP contribution in [0.5, 0.6) is 0 Å². The first-order valence-corrected chi connectivity index (χ1v) is 5.40. The molecule has 1 aromatic carbocycles. The Labute approximate surface area is 98.9 Å². The van der Waals surface area contributed by atoms with Gasteiger partial charge in [0.25, 0.3) is 0 Å². The van der Waals surface area contributed by atoms with Crippen molar-refractivity contribution in [3.05, 3.63) is 35.9 Å². The number of benzene rings is 1. The molecule has 0 bridgehead atoms. The Morgan fingerprint density at radius 3 is 2.29 bits per heavy atom. The van der Waals surface area contributed by atoms with E-state index in [0.29, 0.717) is 19.6 Å². The van der Waals surface area contributed by atoms with E-state index < -0.39 is 3.79 Å². The largest absolute Gasteiger partial charge is 0.377 e. The quantitative estimate of drug-likeness (QED) is 0.583. The number of halogens is 3. The van der Waals surface area contributed by atoms with Crippen molar-refractivity contribution in [3.63, 3.8) is 0 Å². The van der Waals surface area contributed by atoms with Gasteiger partial charge in [-0.3, -0.25) is 0 Å². The van der Waals surface area contributed by atoms with Crippen LogP contribution >= 0.6 is 34.8 Å². The molecule has 0 saturated carbocycles. The molecule has 0 amide bonds. The lowest BCUT2D eigenvalue weighted by atomic mass is 10.2. The Bertz CT molecular complexity index is 256. The third-order valence-electron chi connectivity index (χ3n) is 1.64. The molecule has 0 aliphatic rings. The fourth-order valence-electron chi connectivity index (χ4n) is 0.952. The van der Waals surface area contributed by atoms with Crippen molar-refractivity contribution in [1.29, 1.82) is 0 Å². The fourth-order valence-corrected chi connectivity index (χ4v) is 1.18. The van der Waals surface area contributed by atoms with Crippen molar-refractivity contribution in [2.24, 2.45) is 0 Å². The maximum Gasteiger partial charge on any atom is 0.192 e. The van der Waals surface area contributed by atoms with Crippen LogP contribution in [-0.4, -0.2) is 10.4 Å². The van der Waals surface area contributed by atoms with Gasteiger partial charge in [0.15, 0.2) is 3.79 Å². The minimum absolute atomic E-state index is 0.407. The average Bonchev–Trinajstić information content (AvgIpc) is 2.13. The van der Waals surface area contributed by atoms with Crippen LogP contribution in [0.25, 0.3) is 0 Å². The summed E-state index contributed by atoms with van der Waals surface area (Å²) in [7, 11) is 0. The van der Waals surface area contributed by atoms with Crippen molar-refractivity contribution >= 4 is 34.8 Å². The molecule has 0 spiro atoms. The highest BCUT2D eigenvalue weighted by atomic mass is 35.6. The van der Waals surface area contributed by atoms with Crippen molar-refractivity contribution in [1.82, 2.24) is 0 Å². The lowest BCUT2D eigenvalue weighted by Crippen LogP contribution is -2.07. The Morgan fingerprint density at radius 2 is 1.71 bits per heavy atom. The summed E-state index contributed by atoms with van der Waals surface area (Å²) in [6.45, 7) is 1.01. The number of hydrogen-bond acceptors (Lipinski definition) is 1. The van der Waals surface area contributed by atoms with Crippen LogP contribution in [0, 0.1) is 0 Å². The maximum atomic E-state index is 5.57. The number of alkyl halides is 3. The van der Waals surface area contributed by atoms with Crippen LogP contribution in [0.2, 0.25) is 0 Å². The molecular formula is C10H11Cl3O. The monoisotopic (exact) mass is 252 g/mol. The first kappa shape index (κ1) is 12.1. The fraction of sp³-hybridized carbons (Fsp3) is 0.400. The van der Waals surface area contributed by atoms with Crippen molar-refractivity contribution in [2.75, 3.05) is 6.61 Å². The lowest BCUT2D eigenvalue weighted by Gasteiger charge is -2.10. The smallest absolute Gasteiger partial charge is 0.192 e. The molecule has 0 aromatic heterocycles. The molecule has 0 saturated heterocycles. The molecule has 1 nitrogen and oxygen atoms in total. The Hall–Kier alpha value is 0.0500. The molecule has 1 rings (SSSR count). The van der Waals surface area contributed by atoms with E-state index in [2.05, 4.69) is 0 Å². The minimum atomic E-state index is -1.21. The first-order chi connectivity index (χ1) is 6.58. The molecule has 0 aliphatic heterocycles. The van der Waals surface area contributed by atoms with Crippen LogP contribution in [-0.2, 0) is 11.3 Å². The summed E-state index contributed by atoms with van der Waals surface area (Å²) < 4.78 is 4.13. The molecule has 0 heterocycles. The Balaban J connectivity index is 2.17. The Morgan fingerprint density at radius 1 is 1.07 bits per heavy atom. The summed E-state index contributed by atoms with van der Waals surface area (Å²) >= 11 is 16.7.